The zero-order valence-corrected chi connectivity index (χ0v) is 24.5. The number of anilines is 1. The molecule has 0 radical (unpaired) electrons. The first-order valence-corrected chi connectivity index (χ1v) is 14.9. The van der Waals surface area contributed by atoms with E-state index in [2.05, 4.69) is 105 Å². The summed E-state index contributed by atoms with van der Waals surface area (Å²) in [4.78, 5) is 24.3. The number of benzene rings is 3. The Morgan fingerprint density at radius 3 is 2.21 bits per heavy atom. The van der Waals surface area contributed by atoms with Crippen molar-refractivity contribution in [2.75, 3.05) is 44.2 Å². The summed E-state index contributed by atoms with van der Waals surface area (Å²) >= 11 is 3.52. The molecule has 1 N–H and O–H groups in total. The lowest BCUT2D eigenvalue weighted by atomic mass is 9.84. The van der Waals surface area contributed by atoms with Gasteiger partial charge in [-0.05, 0) is 92.7 Å². The predicted octanol–water partition coefficient (Wildman–Crippen LogP) is 6.89. The van der Waals surface area contributed by atoms with Gasteiger partial charge >= 0.3 is 0 Å². The van der Waals surface area contributed by atoms with Crippen LogP contribution in [0.15, 0.2) is 71.2 Å². The Bertz CT molecular complexity index is 1440. The number of halogens is 1. The maximum atomic E-state index is 13.9. The van der Waals surface area contributed by atoms with E-state index in [-0.39, 0.29) is 5.91 Å². The molecule has 5 nitrogen and oxygen atoms in total. The molecule has 0 saturated carbocycles. The summed E-state index contributed by atoms with van der Waals surface area (Å²) in [5.74, 6) is 0.746. The molecule has 0 aliphatic carbocycles. The van der Waals surface area contributed by atoms with Crippen LogP contribution in [0.2, 0.25) is 0 Å². The molecular weight excluding hydrogens is 548 g/mol. The van der Waals surface area contributed by atoms with Crippen LogP contribution in [0.25, 0.3) is 10.9 Å². The van der Waals surface area contributed by atoms with Gasteiger partial charge in [-0.2, -0.15) is 0 Å². The molecule has 39 heavy (non-hydrogen) atoms. The average Bonchev–Trinajstić information content (AvgIpc) is 3.32. The average molecular weight is 586 g/mol. The van der Waals surface area contributed by atoms with Gasteiger partial charge in [0.25, 0.3) is 5.91 Å². The van der Waals surface area contributed by atoms with Crippen LogP contribution >= 0.6 is 15.9 Å². The summed E-state index contributed by atoms with van der Waals surface area (Å²) in [6.07, 6.45) is 2.32. The zero-order valence-electron chi connectivity index (χ0n) is 22.9. The minimum atomic E-state index is 0.127. The SMILES string of the molecule is Cc1cccc(C)c1C1CCN(Cc2c(C(=O)N3CCN(c4ccc(Br)cc4)CC3)[nH]c3ccccc23)CC1. The van der Waals surface area contributed by atoms with E-state index < -0.39 is 0 Å². The van der Waals surface area contributed by atoms with Gasteiger partial charge in [0.1, 0.15) is 5.69 Å². The van der Waals surface area contributed by atoms with Crippen LogP contribution in [0.5, 0.6) is 0 Å². The Kier molecular flexibility index (Phi) is 7.50. The molecule has 2 aliphatic heterocycles. The van der Waals surface area contributed by atoms with Crippen LogP contribution in [-0.2, 0) is 6.54 Å². The number of aromatic nitrogens is 1. The third-order valence-electron chi connectivity index (χ3n) is 8.71. The molecule has 4 aromatic rings. The van der Waals surface area contributed by atoms with E-state index in [0.29, 0.717) is 5.92 Å². The van der Waals surface area contributed by atoms with Crippen molar-refractivity contribution >= 4 is 38.4 Å². The molecule has 3 heterocycles. The van der Waals surface area contributed by atoms with Gasteiger partial charge in [0.2, 0.25) is 0 Å². The Labute approximate surface area is 239 Å². The van der Waals surface area contributed by atoms with E-state index in [0.717, 1.165) is 79.9 Å². The molecule has 0 bridgehead atoms. The monoisotopic (exact) mass is 584 g/mol. The highest BCUT2D eigenvalue weighted by molar-refractivity contribution is 9.10. The van der Waals surface area contributed by atoms with Crippen molar-refractivity contribution in [2.45, 2.75) is 39.2 Å². The summed E-state index contributed by atoms with van der Waals surface area (Å²) in [7, 11) is 0. The molecule has 2 saturated heterocycles. The maximum absolute atomic E-state index is 13.9. The smallest absolute Gasteiger partial charge is 0.270 e. The lowest BCUT2D eigenvalue weighted by molar-refractivity contribution is 0.0739. The van der Waals surface area contributed by atoms with Crippen LogP contribution in [0.1, 0.15) is 51.5 Å². The number of H-pyrrole nitrogens is 1. The molecule has 6 rings (SSSR count). The van der Waals surface area contributed by atoms with E-state index >= 15 is 0 Å². The van der Waals surface area contributed by atoms with Crippen LogP contribution in [0.3, 0.4) is 0 Å². The van der Waals surface area contributed by atoms with E-state index in [4.69, 9.17) is 0 Å². The summed E-state index contributed by atoms with van der Waals surface area (Å²) in [5, 5.41) is 1.17. The number of piperazine rings is 1. The number of nitrogens with one attached hydrogen (secondary N) is 1. The molecule has 2 fully saturated rings. The molecule has 0 atom stereocenters. The van der Waals surface area contributed by atoms with Crippen molar-refractivity contribution in [3.63, 3.8) is 0 Å². The molecular formula is C33H37BrN4O. The summed E-state index contributed by atoms with van der Waals surface area (Å²) in [6.45, 7) is 10.5. The van der Waals surface area contributed by atoms with Crippen LogP contribution in [-0.4, -0.2) is 60.0 Å². The summed E-state index contributed by atoms with van der Waals surface area (Å²) < 4.78 is 1.08. The van der Waals surface area contributed by atoms with E-state index in [1.54, 1.807) is 5.56 Å². The Balaban J connectivity index is 1.17. The molecule has 1 amide bonds. The second-order valence-electron chi connectivity index (χ2n) is 11.1. The van der Waals surface area contributed by atoms with Crippen molar-refractivity contribution < 1.29 is 4.79 Å². The van der Waals surface area contributed by atoms with Gasteiger partial charge in [-0.15, -0.1) is 0 Å². The number of fused-ring (bicyclic) bond motifs is 1. The van der Waals surface area contributed by atoms with Gasteiger partial charge in [0.15, 0.2) is 0 Å². The minimum absolute atomic E-state index is 0.127. The fraction of sp³-hybridized carbons (Fsp3) is 0.364. The largest absolute Gasteiger partial charge is 0.368 e. The molecule has 6 heteroatoms. The normalized spacial score (nSPS) is 17.2. The first-order chi connectivity index (χ1) is 19.0. The van der Waals surface area contributed by atoms with Crippen LogP contribution in [0.4, 0.5) is 5.69 Å². The maximum Gasteiger partial charge on any atom is 0.270 e. The number of nitrogens with zero attached hydrogens (tertiary/aromatic N) is 3. The highest BCUT2D eigenvalue weighted by Crippen LogP contribution is 2.34. The molecule has 1 aromatic heterocycles. The second kappa shape index (κ2) is 11.2. The fourth-order valence-corrected chi connectivity index (χ4v) is 6.86. The van der Waals surface area contributed by atoms with Crippen LogP contribution < -0.4 is 4.90 Å². The van der Waals surface area contributed by atoms with Crippen molar-refractivity contribution in [2.24, 2.45) is 0 Å². The number of rotatable bonds is 5. The zero-order chi connectivity index (χ0) is 26.9. The molecule has 0 unspecified atom stereocenters. The number of carbonyl (C=O) groups is 1. The number of aromatic amines is 1. The van der Waals surface area contributed by atoms with Crippen molar-refractivity contribution in [1.82, 2.24) is 14.8 Å². The van der Waals surface area contributed by atoms with E-state index in [1.807, 2.05) is 11.0 Å². The van der Waals surface area contributed by atoms with Gasteiger partial charge in [-0.25, -0.2) is 0 Å². The van der Waals surface area contributed by atoms with Crippen molar-refractivity contribution in [3.8, 4) is 0 Å². The standard InChI is InChI=1S/C33H37BrN4O/c1-23-6-5-7-24(2)31(23)25-14-16-36(17-15-25)22-29-28-8-3-4-9-30(28)35-32(29)33(39)38-20-18-37(19-21-38)27-12-10-26(34)11-13-27/h3-13,25,35H,14-22H2,1-2H3. The van der Waals surface area contributed by atoms with Gasteiger partial charge in [-0.1, -0.05) is 52.3 Å². The number of para-hydroxylation sites is 1. The molecule has 3 aromatic carbocycles. The quantitative estimate of drug-likeness (QED) is 0.278. The highest BCUT2D eigenvalue weighted by Gasteiger charge is 2.29. The number of aryl methyl sites for hydroxylation is 2. The van der Waals surface area contributed by atoms with E-state index in [9.17, 15) is 4.79 Å². The van der Waals surface area contributed by atoms with E-state index in [1.165, 1.54) is 22.2 Å². The number of likely N-dealkylation sites (tertiary alicyclic amines) is 1. The fourth-order valence-electron chi connectivity index (χ4n) is 6.60. The predicted molar refractivity (Wildman–Crippen MR) is 164 cm³/mol. The van der Waals surface area contributed by atoms with Crippen molar-refractivity contribution in [1.29, 1.82) is 0 Å². The molecule has 0 spiro atoms. The third-order valence-corrected chi connectivity index (χ3v) is 9.23. The highest BCUT2D eigenvalue weighted by atomic mass is 79.9. The number of amides is 1. The Morgan fingerprint density at radius 2 is 1.51 bits per heavy atom. The lowest BCUT2D eigenvalue weighted by Crippen LogP contribution is -2.49. The third kappa shape index (κ3) is 5.37. The molecule has 202 valence electrons. The van der Waals surface area contributed by atoms with Crippen molar-refractivity contribution in [3.05, 3.63) is 99.2 Å². The summed E-state index contributed by atoms with van der Waals surface area (Å²) in [6, 6.07) is 23.5. The van der Waals surface area contributed by atoms with Crippen LogP contribution in [0, 0.1) is 13.8 Å². The number of piperidine rings is 1. The van der Waals surface area contributed by atoms with Gasteiger partial charge in [-0.3, -0.25) is 9.69 Å². The lowest BCUT2D eigenvalue weighted by Gasteiger charge is -2.36. The molecule has 2 aliphatic rings. The van der Waals surface area contributed by atoms with Gasteiger partial charge < -0.3 is 14.8 Å². The topological polar surface area (TPSA) is 42.6 Å². The first-order valence-electron chi connectivity index (χ1n) is 14.2. The van der Waals surface area contributed by atoms with Gasteiger partial charge in [0, 0.05) is 59.4 Å². The second-order valence-corrected chi connectivity index (χ2v) is 12.1. The van der Waals surface area contributed by atoms with Gasteiger partial charge in [0.05, 0.1) is 0 Å². The first kappa shape index (κ1) is 26.1. The Morgan fingerprint density at radius 1 is 0.846 bits per heavy atom. The Hall–Kier alpha value is -3.09. The number of carbonyl (C=O) groups excluding carboxylic acids is 1. The number of hydrogen-bond acceptors (Lipinski definition) is 3. The minimum Gasteiger partial charge on any atom is -0.368 e. The number of hydrogen-bond donors (Lipinski definition) is 1. The summed E-state index contributed by atoms with van der Waals surface area (Å²) in [5.41, 5.74) is 8.55.